The van der Waals surface area contributed by atoms with Crippen LogP contribution in [-0.4, -0.2) is 135 Å². The number of carbonyl (C=O) groups excluding carboxylic acids is 2. The number of nitrogens with two attached hydrogens (primary N) is 2. The highest BCUT2D eigenvalue weighted by Gasteiger charge is 2.39. The number of aromatic nitrogens is 2. The molecule has 2 aromatic carbocycles. The van der Waals surface area contributed by atoms with Gasteiger partial charge in [-0.05, 0) is 62.1 Å². The Balaban J connectivity index is 1.05. The summed E-state index contributed by atoms with van der Waals surface area (Å²) in [5, 5.41) is 47.8. The van der Waals surface area contributed by atoms with Crippen LogP contribution in [0.3, 0.4) is 0 Å². The number of likely N-dealkylation sites (tertiary alicyclic amines) is 1. The summed E-state index contributed by atoms with van der Waals surface area (Å²) >= 11 is 5.98. The third kappa shape index (κ3) is 12.4. The summed E-state index contributed by atoms with van der Waals surface area (Å²) in [5.74, 6) is -1.14. The van der Waals surface area contributed by atoms with Gasteiger partial charge in [-0.25, -0.2) is 14.8 Å². The number of aryl methyl sites for hydroxylation is 1. The van der Waals surface area contributed by atoms with Crippen LogP contribution in [0.1, 0.15) is 59.2 Å². The molecule has 18 heteroatoms. The second-order valence-corrected chi connectivity index (χ2v) is 15.3. The van der Waals surface area contributed by atoms with E-state index in [0.717, 1.165) is 16.7 Å². The van der Waals surface area contributed by atoms with Crippen molar-refractivity contribution >= 4 is 41.1 Å². The Kier molecular flexibility index (Phi) is 16.4. The van der Waals surface area contributed by atoms with Crippen LogP contribution in [-0.2, 0) is 20.7 Å². The van der Waals surface area contributed by atoms with E-state index in [1.54, 1.807) is 4.90 Å². The first-order valence-electron chi connectivity index (χ1n) is 19.5. The van der Waals surface area contributed by atoms with Crippen LogP contribution in [0.15, 0.2) is 54.6 Å². The number of rotatable bonds is 18. The van der Waals surface area contributed by atoms with Gasteiger partial charge in [-0.15, -0.1) is 0 Å². The molecule has 3 heterocycles. The molecule has 0 spiro atoms. The number of piperidine rings is 1. The van der Waals surface area contributed by atoms with Crippen molar-refractivity contribution in [3.8, 4) is 0 Å². The molecular weight excluding hydrogens is 772 g/mol. The number of halogens is 1. The lowest BCUT2D eigenvalue weighted by Gasteiger charge is -2.38. The van der Waals surface area contributed by atoms with E-state index in [9.17, 15) is 34.8 Å². The van der Waals surface area contributed by atoms with Crippen molar-refractivity contribution in [1.82, 2.24) is 30.4 Å². The number of carboxylic acid groups (broad SMARTS) is 1. The fraction of sp³-hybridized carbons (Fsp3) is 0.525. The Morgan fingerprint density at radius 3 is 2.43 bits per heavy atom. The Bertz CT molecular complexity index is 1820. The number of carbonyl (C=O) groups is 3. The molecule has 2 saturated heterocycles. The Morgan fingerprint density at radius 1 is 1.02 bits per heavy atom. The third-order valence-corrected chi connectivity index (χ3v) is 10.9. The predicted molar refractivity (Wildman–Crippen MR) is 216 cm³/mol. The van der Waals surface area contributed by atoms with Crippen molar-refractivity contribution in [2.24, 2.45) is 11.8 Å². The van der Waals surface area contributed by atoms with Gasteiger partial charge in [-0.1, -0.05) is 66.2 Å². The normalized spacial score (nSPS) is 20.2. The van der Waals surface area contributed by atoms with Crippen LogP contribution in [0.25, 0.3) is 0 Å². The Labute approximate surface area is 342 Å². The minimum absolute atomic E-state index is 0.0108. The number of nitrogens with zero attached hydrogens (tertiary/aromatic N) is 4. The van der Waals surface area contributed by atoms with Gasteiger partial charge in [0.1, 0.15) is 18.3 Å². The van der Waals surface area contributed by atoms with E-state index in [1.165, 1.54) is 4.90 Å². The molecular formula is C40H55ClN8O9. The monoisotopic (exact) mass is 826 g/mol. The number of amides is 3. The summed E-state index contributed by atoms with van der Waals surface area (Å²) in [7, 11) is 0. The molecule has 0 bridgehead atoms. The molecule has 3 amide bonds. The SMILES string of the molecule is Cc1ccccc1C[C@@H](CNC(=O)c1nc(Cl)c(N)nc1N)CN(CC1CCN(C(=O)CCCNC[C@H](O)[C@@H](O)[C@@H]2O[C@H](c3ccccc3)OC[C@H]2O)CC1)C(=O)O. The first kappa shape index (κ1) is 44.5. The number of aliphatic hydroxyl groups excluding tert-OH is 3. The summed E-state index contributed by atoms with van der Waals surface area (Å²) in [6.07, 6.45) is -4.04. The molecule has 2 aliphatic rings. The minimum Gasteiger partial charge on any atom is -0.465 e. The summed E-state index contributed by atoms with van der Waals surface area (Å²) in [4.78, 5) is 49.7. The van der Waals surface area contributed by atoms with Gasteiger partial charge in [0.25, 0.3) is 5.91 Å². The van der Waals surface area contributed by atoms with E-state index in [2.05, 4.69) is 20.6 Å². The van der Waals surface area contributed by atoms with Crippen molar-refractivity contribution in [2.45, 2.75) is 69.7 Å². The first-order valence-corrected chi connectivity index (χ1v) is 19.9. The molecule has 17 nitrogen and oxygen atoms in total. The smallest absolute Gasteiger partial charge is 0.407 e. The lowest BCUT2D eigenvalue weighted by Crippen LogP contribution is -2.53. The van der Waals surface area contributed by atoms with Gasteiger partial charge in [-0.2, -0.15) is 0 Å². The molecule has 0 aliphatic carbocycles. The second kappa shape index (κ2) is 21.4. The zero-order chi connectivity index (χ0) is 41.8. The third-order valence-electron chi connectivity index (χ3n) is 10.6. The highest BCUT2D eigenvalue weighted by Crippen LogP contribution is 2.29. The van der Waals surface area contributed by atoms with E-state index in [4.69, 9.17) is 32.5 Å². The molecule has 10 N–H and O–H groups in total. The molecule has 2 aliphatic heterocycles. The number of nitrogens with one attached hydrogen (secondary N) is 2. The molecule has 1 aromatic heterocycles. The topological polar surface area (TPSA) is 259 Å². The van der Waals surface area contributed by atoms with Crippen LogP contribution in [0.4, 0.5) is 16.4 Å². The number of hydrogen-bond donors (Lipinski definition) is 8. The maximum absolute atomic E-state index is 13.0. The first-order chi connectivity index (χ1) is 27.8. The van der Waals surface area contributed by atoms with Crippen molar-refractivity contribution < 1.29 is 44.3 Å². The van der Waals surface area contributed by atoms with Crippen molar-refractivity contribution in [3.63, 3.8) is 0 Å². The Hall–Kier alpha value is -4.62. The maximum atomic E-state index is 13.0. The molecule has 0 unspecified atom stereocenters. The van der Waals surface area contributed by atoms with E-state index in [0.29, 0.717) is 45.3 Å². The van der Waals surface area contributed by atoms with Crippen LogP contribution in [0, 0.1) is 18.8 Å². The molecule has 5 rings (SSSR count). The molecule has 2 fully saturated rings. The molecule has 58 heavy (non-hydrogen) atoms. The van der Waals surface area contributed by atoms with Crippen molar-refractivity contribution in [3.05, 3.63) is 82.1 Å². The van der Waals surface area contributed by atoms with Gasteiger partial charge in [-0.3, -0.25) is 9.59 Å². The van der Waals surface area contributed by atoms with E-state index in [-0.39, 0.29) is 79.4 Å². The average molecular weight is 827 g/mol. The molecule has 3 aromatic rings. The molecule has 316 valence electrons. The molecule has 6 atom stereocenters. The molecule has 0 saturated carbocycles. The summed E-state index contributed by atoms with van der Waals surface area (Å²) in [6, 6.07) is 16.9. The van der Waals surface area contributed by atoms with E-state index < -0.39 is 42.7 Å². The summed E-state index contributed by atoms with van der Waals surface area (Å²) < 4.78 is 11.4. The number of aliphatic hydroxyl groups is 3. The average Bonchev–Trinajstić information content (AvgIpc) is 3.21. The lowest BCUT2D eigenvalue weighted by atomic mass is 9.93. The van der Waals surface area contributed by atoms with Crippen LogP contribution in [0.5, 0.6) is 0 Å². The van der Waals surface area contributed by atoms with Crippen LogP contribution in [0.2, 0.25) is 5.15 Å². The lowest BCUT2D eigenvalue weighted by molar-refractivity contribution is -0.282. The maximum Gasteiger partial charge on any atom is 0.407 e. The van der Waals surface area contributed by atoms with E-state index in [1.807, 2.05) is 61.5 Å². The van der Waals surface area contributed by atoms with Gasteiger partial charge in [0.05, 0.1) is 12.7 Å². The molecule has 0 radical (unpaired) electrons. The second-order valence-electron chi connectivity index (χ2n) is 15.0. The standard InChI is InChI=1S/C40H55ClN8O9/c1-24-8-5-6-11-28(24)18-26(19-45-38(54)32-36(42)47-37(43)35(41)46-32)22-49(40(55)56)21-25-13-16-48(17-14-25)31(52)12-7-15-44-20-29(50)33(53)34-30(51)23-57-39(58-34)27-9-3-2-4-10-27/h2-6,8-11,25-26,29-30,33-34,39,44,50-51,53H,7,12-23H2,1H3,(H,45,54)(H,55,56)(H4,42,43,47)/t26-,29-,30+,33+,34+,39+/m0/s1. The zero-order valence-corrected chi connectivity index (χ0v) is 33.3. The van der Waals surface area contributed by atoms with E-state index >= 15 is 0 Å². The number of benzene rings is 2. The highest BCUT2D eigenvalue weighted by atomic mass is 35.5. The largest absolute Gasteiger partial charge is 0.465 e. The van der Waals surface area contributed by atoms with Crippen molar-refractivity contribution in [2.75, 3.05) is 63.9 Å². The predicted octanol–water partition coefficient (Wildman–Crippen LogP) is 1.98. The van der Waals surface area contributed by atoms with Gasteiger partial charge in [0, 0.05) is 51.3 Å². The van der Waals surface area contributed by atoms with Crippen LogP contribution < -0.4 is 22.1 Å². The number of nitrogen functional groups attached to an aromatic ring is 2. The Morgan fingerprint density at radius 2 is 1.72 bits per heavy atom. The van der Waals surface area contributed by atoms with Gasteiger partial charge >= 0.3 is 6.09 Å². The fourth-order valence-corrected chi connectivity index (χ4v) is 7.39. The van der Waals surface area contributed by atoms with Gasteiger partial charge in [0.15, 0.2) is 28.8 Å². The van der Waals surface area contributed by atoms with Gasteiger partial charge in [0.2, 0.25) is 5.91 Å². The summed E-state index contributed by atoms with van der Waals surface area (Å²) in [6.45, 7) is 3.95. The number of anilines is 2. The van der Waals surface area contributed by atoms with Crippen LogP contribution >= 0.6 is 11.6 Å². The van der Waals surface area contributed by atoms with Crippen molar-refractivity contribution in [1.29, 1.82) is 0 Å². The summed E-state index contributed by atoms with van der Waals surface area (Å²) in [5.41, 5.74) is 14.2. The highest BCUT2D eigenvalue weighted by molar-refractivity contribution is 6.31. The minimum atomic E-state index is -1.37. The number of ether oxygens (including phenoxy) is 2. The van der Waals surface area contributed by atoms with Gasteiger partial charge < -0.3 is 61.8 Å². The quantitative estimate of drug-likeness (QED) is 0.0854. The number of hydrogen-bond acceptors (Lipinski definition) is 13. The zero-order valence-electron chi connectivity index (χ0n) is 32.6. The fourth-order valence-electron chi connectivity index (χ4n) is 7.26.